The second-order valence-electron chi connectivity index (χ2n) is 5.12. The predicted molar refractivity (Wildman–Crippen MR) is 82.6 cm³/mol. The summed E-state index contributed by atoms with van der Waals surface area (Å²) in [5.74, 6) is 1.16. The van der Waals surface area contributed by atoms with Crippen molar-refractivity contribution < 1.29 is 9.84 Å². The second-order valence-corrected chi connectivity index (χ2v) is 5.12. The molecule has 1 unspecified atom stereocenters. The Morgan fingerprint density at radius 3 is 2.50 bits per heavy atom. The highest BCUT2D eigenvalue weighted by atomic mass is 16.5. The molecule has 0 aromatic heterocycles. The predicted octanol–water partition coefficient (Wildman–Crippen LogP) is 3.75. The number of phenols is 1. The lowest BCUT2D eigenvalue weighted by molar-refractivity contribution is 0.415. The van der Waals surface area contributed by atoms with Crippen LogP contribution in [0.15, 0.2) is 42.5 Å². The first-order chi connectivity index (χ1) is 9.58. The number of hydrogen-bond donors (Lipinski definition) is 2. The van der Waals surface area contributed by atoms with E-state index in [1.54, 1.807) is 19.2 Å². The van der Waals surface area contributed by atoms with Crippen molar-refractivity contribution in [2.75, 3.05) is 12.4 Å². The lowest BCUT2D eigenvalue weighted by Gasteiger charge is -2.18. The number of methoxy groups -OCH3 is 1. The molecule has 2 rings (SSSR count). The van der Waals surface area contributed by atoms with Crippen molar-refractivity contribution in [2.45, 2.75) is 26.3 Å². The molecule has 20 heavy (non-hydrogen) atoms. The summed E-state index contributed by atoms with van der Waals surface area (Å²) in [7, 11) is 1.69. The molecule has 2 N–H and O–H groups in total. The van der Waals surface area contributed by atoms with Gasteiger partial charge in [0.1, 0.15) is 11.5 Å². The molecule has 0 aliphatic carbocycles. The van der Waals surface area contributed by atoms with Crippen molar-refractivity contribution in [2.24, 2.45) is 0 Å². The molecule has 0 aliphatic rings. The molecular weight excluding hydrogens is 250 g/mol. The van der Waals surface area contributed by atoms with Crippen LogP contribution in [0.4, 0.5) is 5.69 Å². The van der Waals surface area contributed by atoms with Crippen LogP contribution in [-0.2, 0) is 6.42 Å². The van der Waals surface area contributed by atoms with E-state index in [1.165, 1.54) is 11.1 Å². The van der Waals surface area contributed by atoms with Gasteiger partial charge in [-0.3, -0.25) is 0 Å². The molecule has 3 nitrogen and oxygen atoms in total. The third kappa shape index (κ3) is 3.67. The zero-order valence-electron chi connectivity index (χ0n) is 12.2. The minimum absolute atomic E-state index is 0.274. The van der Waals surface area contributed by atoms with Crippen LogP contribution in [0.3, 0.4) is 0 Å². The summed E-state index contributed by atoms with van der Waals surface area (Å²) >= 11 is 0. The van der Waals surface area contributed by atoms with E-state index >= 15 is 0 Å². The maximum Gasteiger partial charge on any atom is 0.142 e. The van der Waals surface area contributed by atoms with E-state index < -0.39 is 0 Å². The summed E-state index contributed by atoms with van der Waals surface area (Å²) in [6, 6.07) is 13.7. The fourth-order valence-electron chi connectivity index (χ4n) is 2.22. The zero-order chi connectivity index (χ0) is 14.5. The molecule has 0 bridgehead atoms. The molecule has 2 aromatic carbocycles. The van der Waals surface area contributed by atoms with Crippen LogP contribution < -0.4 is 10.1 Å². The Hall–Kier alpha value is -2.16. The van der Waals surface area contributed by atoms with Crippen LogP contribution in [0.2, 0.25) is 0 Å². The van der Waals surface area contributed by atoms with Gasteiger partial charge in [-0.1, -0.05) is 18.2 Å². The highest BCUT2D eigenvalue weighted by Crippen LogP contribution is 2.26. The third-order valence-corrected chi connectivity index (χ3v) is 3.24. The molecule has 0 aliphatic heterocycles. The molecule has 0 saturated carbocycles. The van der Waals surface area contributed by atoms with Crippen molar-refractivity contribution in [3.63, 3.8) is 0 Å². The maximum absolute atomic E-state index is 9.29. The number of nitrogens with one attached hydrogen (secondary N) is 1. The van der Waals surface area contributed by atoms with Crippen molar-refractivity contribution in [1.29, 1.82) is 0 Å². The fraction of sp³-hybridized carbons (Fsp3) is 0.294. The number of ether oxygens (including phenoxy) is 1. The first kappa shape index (κ1) is 14.3. The summed E-state index contributed by atoms with van der Waals surface area (Å²) in [6.45, 7) is 4.18. The molecule has 2 aromatic rings. The highest BCUT2D eigenvalue weighted by Gasteiger charge is 2.08. The number of hydrogen-bond acceptors (Lipinski definition) is 3. The van der Waals surface area contributed by atoms with E-state index in [0.717, 1.165) is 17.9 Å². The van der Waals surface area contributed by atoms with Gasteiger partial charge in [-0.25, -0.2) is 0 Å². The van der Waals surface area contributed by atoms with E-state index in [-0.39, 0.29) is 6.04 Å². The normalized spacial score (nSPS) is 11.9. The Balaban J connectivity index is 2.04. The van der Waals surface area contributed by atoms with Gasteiger partial charge in [0.05, 0.1) is 12.8 Å². The van der Waals surface area contributed by atoms with Crippen molar-refractivity contribution in [1.82, 2.24) is 0 Å². The minimum atomic E-state index is 0.274. The zero-order valence-corrected chi connectivity index (χ0v) is 12.2. The Kier molecular flexibility index (Phi) is 4.51. The van der Waals surface area contributed by atoms with Gasteiger partial charge in [-0.05, 0) is 55.7 Å². The van der Waals surface area contributed by atoms with Crippen LogP contribution in [0, 0.1) is 6.92 Å². The molecule has 0 saturated heterocycles. The monoisotopic (exact) mass is 271 g/mol. The first-order valence-corrected chi connectivity index (χ1v) is 6.77. The third-order valence-electron chi connectivity index (χ3n) is 3.24. The van der Waals surface area contributed by atoms with Gasteiger partial charge in [0.25, 0.3) is 0 Å². The number of phenolic OH excluding ortho intramolecular Hbond substituents is 1. The Labute approximate surface area is 120 Å². The number of aromatic hydroxyl groups is 1. The molecule has 0 spiro atoms. The summed E-state index contributed by atoms with van der Waals surface area (Å²) in [5.41, 5.74) is 3.37. The quantitative estimate of drug-likeness (QED) is 0.870. The lowest BCUT2D eigenvalue weighted by Crippen LogP contribution is -2.18. The Bertz CT molecular complexity index is 564. The van der Waals surface area contributed by atoms with Gasteiger partial charge in [0, 0.05) is 6.04 Å². The van der Waals surface area contributed by atoms with Crippen molar-refractivity contribution in [3.8, 4) is 11.5 Å². The van der Waals surface area contributed by atoms with E-state index in [9.17, 15) is 5.11 Å². The molecule has 0 amide bonds. The highest BCUT2D eigenvalue weighted by molar-refractivity contribution is 5.58. The first-order valence-electron chi connectivity index (χ1n) is 6.77. The van der Waals surface area contributed by atoms with Gasteiger partial charge in [0.2, 0.25) is 0 Å². The van der Waals surface area contributed by atoms with Crippen LogP contribution >= 0.6 is 0 Å². The van der Waals surface area contributed by atoms with E-state index in [0.29, 0.717) is 5.75 Å². The fourth-order valence-corrected chi connectivity index (χ4v) is 2.22. The second kappa shape index (κ2) is 6.33. The average Bonchev–Trinajstić information content (AvgIpc) is 2.43. The van der Waals surface area contributed by atoms with E-state index in [2.05, 4.69) is 18.3 Å². The average molecular weight is 271 g/mol. The number of rotatable bonds is 5. The smallest absolute Gasteiger partial charge is 0.142 e. The maximum atomic E-state index is 9.29. The standard InChI is InChI=1S/C17H21NO2/c1-12-4-9-16(17(10-12)20-3)18-13(2)11-14-5-7-15(19)8-6-14/h4-10,13,18-19H,11H2,1-3H3. The molecule has 1 atom stereocenters. The van der Waals surface area contributed by atoms with Gasteiger partial charge >= 0.3 is 0 Å². The topological polar surface area (TPSA) is 41.5 Å². The number of benzene rings is 2. The summed E-state index contributed by atoms with van der Waals surface area (Å²) in [4.78, 5) is 0. The summed E-state index contributed by atoms with van der Waals surface area (Å²) in [5, 5.41) is 12.8. The van der Waals surface area contributed by atoms with Gasteiger partial charge in [-0.15, -0.1) is 0 Å². The SMILES string of the molecule is COc1cc(C)ccc1NC(C)Cc1ccc(O)cc1. The largest absolute Gasteiger partial charge is 0.508 e. The Morgan fingerprint density at radius 1 is 1.15 bits per heavy atom. The van der Waals surface area contributed by atoms with Crippen LogP contribution in [0.5, 0.6) is 11.5 Å². The van der Waals surface area contributed by atoms with E-state index in [1.807, 2.05) is 31.2 Å². The van der Waals surface area contributed by atoms with Crippen molar-refractivity contribution >= 4 is 5.69 Å². The Morgan fingerprint density at radius 2 is 1.85 bits per heavy atom. The molecule has 106 valence electrons. The summed E-state index contributed by atoms with van der Waals surface area (Å²) < 4.78 is 5.40. The molecule has 0 radical (unpaired) electrons. The number of aryl methyl sites for hydroxylation is 1. The molecule has 3 heteroatoms. The lowest BCUT2D eigenvalue weighted by atomic mass is 10.1. The van der Waals surface area contributed by atoms with Crippen molar-refractivity contribution in [3.05, 3.63) is 53.6 Å². The van der Waals surface area contributed by atoms with Crippen LogP contribution in [-0.4, -0.2) is 18.3 Å². The number of anilines is 1. The molecule has 0 fully saturated rings. The van der Waals surface area contributed by atoms with E-state index in [4.69, 9.17) is 4.74 Å². The minimum Gasteiger partial charge on any atom is -0.508 e. The van der Waals surface area contributed by atoms with Crippen LogP contribution in [0.25, 0.3) is 0 Å². The summed E-state index contributed by atoms with van der Waals surface area (Å²) in [6.07, 6.45) is 0.886. The van der Waals surface area contributed by atoms with Gasteiger partial charge in [0.15, 0.2) is 0 Å². The van der Waals surface area contributed by atoms with Crippen LogP contribution in [0.1, 0.15) is 18.1 Å². The van der Waals surface area contributed by atoms with Gasteiger partial charge < -0.3 is 15.2 Å². The molecule has 0 heterocycles. The van der Waals surface area contributed by atoms with Gasteiger partial charge in [-0.2, -0.15) is 0 Å². The molecular formula is C17H21NO2.